The van der Waals surface area contributed by atoms with Crippen molar-refractivity contribution < 1.29 is 19.2 Å². The molecule has 0 saturated carbocycles. The zero-order valence-corrected chi connectivity index (χ0v) is 16.9. The van der Waals surface area contributed by atoms with Crippen molar-refractivity contribution in [3.63, 3.8) is 0 Å². The molecule has 1 aromatic heterocycles. The lowest BCUT2D eigenvalue weighted by molar-refractivity contribution is -0.134. The molecule has 0 N–H and O–H groups in total. The number of hydrogen-bond donors (Lipinski definition) is 0. The number of nitrogens with zero attached hydrogens (tertiary/aromatic N) is 3. The van der Waals surface area contributed by atoms with E-state index >= 15 is 0 Å². The molecule has 1 saturated heterocycles. The molecule has 2 aliphatic rings. The lowest BCUT2D eigenvalue weighted by Gasteiger charge is -2.28. The van der Waals surface area contributed by atoms with Gasteiger partial charge in [0, 0.05) is 26.2 Å². The van der Waals surface area contributed by atoms with E-state index in [9.17, 15) is 19.2 Å². The van der Waals surface area contributed by atoms with E-state index in [-0.39, 0.29) is 11.8 Å². The van der Waals surface area contributed by atoms with Gasteiger partial charge in [0.15, 0.2) is 0 Å². The van der Waals surface area contributed by atoms with Gasteiger partial charge in [0.05, 0.1) is 16.0 Å². The van der Waals surface area contributed by atoms with Crippen LogP contribution in [0.15, 0.2) is 41.8 Å². The second-order valence-corrected chi connectivity index (χ2v) is 8.10. The third kappa shape index (κ3) is 3.44. The topological polar surface area (TPSA) is 78.0 Å². The molecule has 29 heavy (non-hydrogen) atoms. The number of benzene rings is 1. The maximum atomic E-state index is 13.1. The van der Waals surface area contributed by atoms with E-state index in [4.69, 9.17) is 0 Å². The van der Waals surface area contributed by atoms with Crippen LogP contribution >= 0.6 is 11.3 Å². The molecule has 1 fully saturated rings. The number of rotatable bonds is 3. The van der Waals surface area contributed by atoms with E-state index in [1.54, 1.807) is 47.1 Å². The smallest absolute Gasteiger partial charge is 0.263 e. The Morgan fingerprint density at radius 1 is 0.897 bits per heavy atom. The van der Waals surface area contributed by atoms with Crippen LogP contribution in [0.4, 0.5) is 0 Å². The van der Waals surface area contributed by atoms with Gasteiger partial charge in [0.25, 0.3) is 17.7 Å². The van der Waals surface area contributed by atoms with Gasteiger partial charge in [0.2, 0.25) is 5.91 Å². The van der Waals surface area contributed by atoms with Crippen LogP contribution in [0.5, 0.6) is 0 Å². The first-order chi connectivity index (χ1) is 14.0. The minimum Gasteiger partial charge on any atom is -0.339 e. The molecule has 1 aromatic carbocycles. The molecule has 4 rings (SSSR count). The Bertz CT molecular complexity index is 937. The van der Waals surface area contributed by atoms with Crippen LogP contribution in [0.1, 0.15) is 43.7 Å². The Labute approximate surface area is 172 Å². The van der Waals surface area contributed by atoms with Gasteiger partial charge in [-0.05, 0) is 36.9 Å². The lowest BCUT2D eigenvalue weighted by Crippen LogP contribution is -2.50. The number of amides is 4. The molecule has 7 nitrogen and oxygen atoms in total. The minimum absolute atomic E-state index is 0.0253. The number of imide groups is 1. The van der Waals surface area contributed by atoms with Crippen molar-refractivity contribution in [2.45, 2.75) is 19.4 Å². The molecule has 0 spiro atoms. The van der Waals surface area contributed by atoms with Crippen molar-refractivity contribution in [3.8, 4) is 0 Å². The summed E-state index contributed by atoms with van der Waals surface area (Å²) in [5.74, 6) is -1.17. The lowest BCUT2D eigenvalue weighted by atomic mass is 10.1. The monoisotopic (exact) mass is 411 g/mol. The highest BCUT2D eigenvalue weighted by Crippen LogP contribution is 2.25. The number of thiophene rings is 1. The molecule has 1 unspecified atom stereocenters. The van der Waals surface area contributed by atoms with E-state index in [0.29, 0.717) is 48.6 Å². The largest absolute Gasteiger partial charge is 0.339 e. The predicted octanol–water partition coefficient (Wildman–Crippen LogP) is 2.11. The van der Waals surface area contributed by atoms with Crippen LogP contribution in [-0.2, 0) is 4.79 Å². The highest BCUT2D eigenvalue weighted by molar-refractivity contribution is 7.12. The summed E-state index contributed by atoms with van der Waals surface area (Å²) in [6, 6.07) is 9.36. The SMILES string of the molecule is CC(C(=O)N1CCCN(C(=O)c2cccs2)CC1)N1C(=O)c2ccccc2C1=O. The summed E-state index contributed by atoms with van der Waals surface area (Å²) < 4.78 is 0. The van der Waals surface area contributed by atoms with E-state index in [0.717, 1.165) is 4.90 Å². The fraction of sp³-hybridized carbons (Fsp3) is 0.333. The maximum absolute atomic E-state index is 13.1. The van der Waals surface area contributed by atoms with Gasteiger partial charge >= 0.3 is 0 Å². The summed E-state index contributed by atoms with van der Waals surface area (Å²) in [5, 5.41) is 1.87. The molecular weight excluding hydrogens is 390 g/mol. The van der Waals surface area contributed by atoms with Crippen LogP contribution in [-0.4, -0.2) is 70.5 Å². The molecule has 0 aliphatic carbocycles. The van der Waals surface area contributed by atoms with Gasteiger partial charge in [-0.25, -0.2) is 0 Å². The zero-order valence-electron chi connectivity index (χ0n) is 16.0. The van der Waals surface area contributed by atoms with Crippen molar-refractivity contribution in [3.05, 3.63) is 57.8 Å². The summed E-state index contributed by atoms with van der Waals surface area (Å²) in [5.41, 5.74) is 0.668. The van der Waals surface area contributed by atoms with Crippen LogP contribution in [0, 0.1) is 0 Å². The Hall–Kier alpha value is -3.00. The fourth-order valence-corrected chi connectivity index (χ4v) is 4.52. The van der Waals surface area contributed by atoms with Gasteiger partial charge in [-0.1, -0.05) is 18.2 Å². The first-order valence-corrected chi connectivity index (χ1v) is 10.5. The Balaban J connectivity index is 1.44. The van der Waals surface area contributed by atoms with Gasteiger partial charge in [-0.3, -0.25) is 24.1 Å². The minimum atomic E-state index is -0.887. The molecule has 2 aromatic rings. The molecule has 0 radical (unpaired) electrons. The fourth-order valence-electron chi connectivity index (χ4n) is 3.83. The summed E-state index contributed by atoms with van der Waals surface area (Å²) >= 11 is 1.40. The van der Waals surface area contributed by atoms with Gasteiger partial charge in [-0.15, -0.1) is 11.3 Å². The summed E-state index contributed by atoms with van der Waals surface area (Å²) in [6.07, 6.45) is 0.650. The average molecular weight is 411 g/mol. The third-order valence-electron chi connectivity index (χ3n) is 5.40. The second kappa shape index (κ2) is 7.79. The Kier molecular flexibility index (Phi) is 5.19. The molecule has 1 atom stereocenters. The van der Waals surface area contributed by atoms with Crippen molar-refractivity contribution in [2.24, 2.45) is 0 Å². The third-order valence-corrected chi connectivity index (χ3v) is 6.25. The van der Waals surface area contributed by atoms with E-state index in [2.05, 4.69) is 0 Å². The summed E-state index contributed by atoms with van der Waals surface area (Å²) in [4.78, 5) is 56.1. The normalized spacial score (nSPS) is 17.9. The summed E-state index contributed by atoms with van der Waals surface area (Å²) in [7, 11) is 0. The van der Waals surface area contributed by atoms with Crippen molar-refractivity contribution in [1.82, 2.24) is 14.7 Å². The van der Waals surface area contributed by atoms with Gasteiger partial charge < -0.3 is 9.80 Å². The van der Waals surface area contributed by atoms with E-state index < -0.39 is 17.9 Å². The number of fused-ring (bicyclic) bond motifs is 1. The molecule has 4 amide bonds. The highest BCUT2D eigenvalue weighted by Gasteiger charge is 2.41. The molecule has 3 heterocycles. The quantitative estimate of drug-likeness (QED) is 0.725. The van der Waals surface area contributed by atoms with Crippen molar-refractivity contribution in [1.29, 1.82) is 0 Å². The van der Waals surface area contributed by atoms with Gasteiger partial charge in [-0.2, -0.15) is 0 Å². The summed E-state index contributed by atoms with van der Waals surface area (Å²) in [6.45, 7) is 3.45. The Morgan fingerprint density at radius 2 is 1.52 bits per heavy atom. The second-order valence-electron chi connectivity index (χ2n) is 7.15. The number of carbonyl (C=O) groups excluding carboxylic acids is 4. The van der Waals surface area contributed by atoms with Crippen LogP contribution in [0.3, 0.4) is 0 Å². The van der Waals surface area contributed by atoms with Crippen molar-refractivity contribution >= 4 is 35.0 Å². The number of hydrogen-bond acceptors (Lipinski definition) is 5. The zero-order chi connectivity index (χ0) is 20.5. The van der Waals surface area contributed by atoms with Crippen molar-refractivity contribution in [2.75, 3.05) is 26.2 Å². The molecule has 8 heteroatoms. The molecular formula is C21H21N3O4S. The first-order valence-electron chi connectivity index (χ1n) is 9.57. The van der Waals surface area contributed by atoms with Gasteiger partial charge in [0.1, 0.15) is 6.04 Å². The molecule has 0 bridgehead atoms. The Morgan fingerprint density at radius 3 is 2.14 bits per heavy atom. The van der Waals surface area contributed by atoms with E-state index in [1.165, 1.54) is 11.3 Å². The van der Waals surface area contributed by atoms with Crippen LogP contribution in [0.2, 0.25) is 0 Å². The number of carbonyl (C=O) groups is 4. The standard InChI is InChI=1S/C21H21N3O4S/c1-14(24-19(26)15-6-2-3-7-16(15)20(24)27)18(25)22-9-5-10-23(12-11-22)21(28)17-8-4-13-29-17/h2-4,6-8,13-14H,5,9-12H2,1H3. The maximum Gasteiger partial charge on any atom is 0.263 e. The molecule has 2 aliphatic heterocycles. The van der Waals surface area contributed by atoms with Crippen LogP contribution < -0.4 is 0 Å². The first kappa shape index (κ1) is 19.3. The average Bonchev–Trinajstić information content (AvgIpc) is 3.27. The predicted molar refractivity (Wildman–Crippen MR) is 108 cm³/mol. The highest BCUT2D eigenvalue weighted by atomic mass is 32.1. The van der Waals surface area contributed by atoms with E-state index in [1.807, 2.05) is 11.4 Å². The molecule has 150 valence electrons. The van der Waals surface area contributed by atoms with Crippen LogP contribution in [0.25, 0.3) is 0 Å².